The lowest BCUT2D eigenvalue weighted by Crippen LogP contribution is -2.32. The fraction of sp³-hybridized carbons (Fsp3) is 0.417. The summed E-state index contributed by atoms with van der Waals surface area (Å²) in [5, 5.41) is 0.392. The molecule has 35 heavy (non-hydrogen) atoms. The molecular formula is C24H24BrClF3NO5. The molecule has 0 aliphatic carbocycles. The van der Waals surface area contributed by atoms with E-state index in [-0.39, 0.29) is 18.5 Å². The van der Waals surface area contributed by atoms with Crippen LogP contribution >= 0.6 is 27.5 Å². The Morgan fingerprint density at radius 2 is 1.89 bits per heavy atom. The lowest BCUT2D eigenvalue weighted by Gasteiger charge is -2.24. The fourth-order valence-electron chi connectivity index (χ4n) is 3.69. The van der Waals surface area contributed by atoms with Crippen molar-refractivity contribution in [3.63, 3.8) is 0 Å². The third-order valence-electron chi connectivity index (χ3n) is 5.64. The summed E-state index contributed by atoms with van der Waals surface area (Å²) in [6, 6.07) is 8.77. The largest absolute Gasteiger partial charge is 0.573 e. The average Bonchev–Trinajstić information content (AvgIpc) is 3.19. The number of anilines is 1. The second-order valence-electron chi connectivity index (χ2n) is 8.60. The summed E-state index contributed by atoms with van der Waals surface area (Å²) in [7, 11) is 1.32. The van der Waals surface area contributed by atoms with Crippen LogP contribution in [0.25, 0.3) is 0 Å². The molecule has 0 N–H and O–H groups in total. The molecule has 11 heteroatoms. The first-order chi connectivity index (χ1) is 16.3. The normalized spacial score (nSPS) is 14.3. The minimum Gasteiger partial charge on any atom is -0.493 e. The molecule has 0 spiro atoms. The second-order valence-corrected chi connectivity index (χ2v) is 9.95. The number of nitrogens with zero attached hydrogens (tertiary/aromatic N) is 1. The molecule has 0 aromatic heterocycles. The first-order valence-electron chi connectivity index (χ1n) is 10.7. The average molecular weight is 579 g/mol. The van der Waals surface area contributed by atoms with Crippen molar-refractivity contribution in [2.45, 2.75) is 37.9 Å². The highest BCUT2D eigenvalue weighted by Gasteiger charge is 2.35. The van der Waals surface area contributed by atoms with Gasteiger partial charge in [0.15, 0.2) is 0 Å². The van der Waals surface area contributed by atoms with Gasteiger partial charge in [0, 0.05) is 23.2 Å². The molecule has 1 atom stereocenters. The van der Waals surface area contributed by atoms with Crippen LogP contribution in [0.15, 0.2) is 36.4 Å². The first-order valence-corrected chi connectivity index (χ1v) is 12.0. The highest BCUT2D eigenvalue weighted by Crippen LogP contribution is 2.40. The molecule has 1 aliphatic rings. The minimum atomic E-state index is -4.84. The number of fused-ring (bicyclic) bond motifs is 1. The van der Waals surface area contributed by atoms with E-state index in [0.717, 1.165) is 5.56 Å². The van der Waals surface area contributed by atoms with Gasteiger partial charge in [-0.3, -0.25) is 9.59 Å². The SMILES string of the molecule is COC(=O)C(C)(C)CCOc1cc(Cl)ccc1C(Br)C(=O)N1CCc2ccc(OC(F)(F)F)cc21. The van der Waals surface area contributed by atoms with Gasteiger partial charge in [-0.05, 0) is 50.5 Å². The van der Waals surface area contributed by atoms with Gasteiger partial charge >= 0.3 is 12.3 Å². The number of carbonyl (C=O) groups excluding carboxylic acids is 2. The Bertz CT molecular complexity index is 1110. The number of alkyl halides is 4. The maximum absolute atomic E-state index is 13.4. The Labute approximate surface area is 214 Å². The van der Waals surface area contributed by atoms with Crippen molar-refractivity contribution in [3.8, 4) is 11.5 Å². The molecule has 1 amide bonds. The van der Waals surface area contributed by atoms with Crippen LogP contribution in [0, 0.1) is 5.41 Å². The van der Waals surface area contributed by atoms with Gasteiger partial charge in [0.05, 0.1) is 24.8 Å². The molecule has 1 heterocycles. The van der Waals surface area contributed by atoms with Crippen molar-refractivity contribution < 1.29 is 37.0 Å². The zero-order valence-corrected chi connectivity index (χ0v) is 21.6. The number of methoxy groups -OCH3 is 1. The molecule has 190 valence electrons. The van der Waals surface area contributed by atoms with Gasteiger partial charge in [-0.25, -0.2) is 0 Å². The van der Waals surface area contributed by atoms with Crippen molar-refractivity contribution in [3.05, 3.63) is 52.5 Å². The number of rotatable bonds is 8. The number of amides is 1. The molecular weight excluding hydrogens is 555 g/mol. The third-order valence-corrected chi connectivity index (χ3v) is 6.76. The van der Waals surface area contributed by atoms with Crippen molar-refractivity contribution in [2.24, 2.45) is 5.41 Å². The Kier molecular flexibility index (Phi) is 8.26. The van der Waals surface area contributed by atoms with E-state index >= 15 is 0 Å². The topological polar surface area (TPSA) is 65.1 Å². The summed E-state index contributed by atoms with van der Waals surface area (Å²) < 4.78 is 52.7. The molecule has 0 bridgehead atoms. The molecule has 6 nitrogen and oxygen atoms in total. The Balaban J connectivity index is 1.79. The van der Waals surface area contributed by atoms with Crippen LogP contribution in [0.5, 0.6) is 11.5 Å². The number of carbonyl (C=O) groups is 2. The van der Waals surface area contributed by atoms with Crippen LogP contribution in [-0.2, 0) is 20.7 Å². The van der Waals surface area contributed by atoms with Crippen molar-refractivity contribution in [1.82, 2.24) is 0 Å². The molecule has 2 aromatic rings. The highest BCUT2D eigenvalue weighted by atomic mass is 79.9. The van der Waals surface area contributed by atoms with Crippen LogP contribution in [0.1, 0.15) is 36.2 Å². The maximum atomic E-state index is 13.4. The molecule has 0 radical (unpaired) electrons. The predicted octanol–water partition coefficient (Wildman–Crippen LogP) is 6.23. The predicted molar refractivity (Wildman–Crippen MR) is 128 cm³/mol. The highest BCUT2D eigenvalue weighted by molar-refractivity contribution is 9.09. The maximum Gasteiger partial charge on any atom is 0.573 e. The van der Waals surface area contributed by atoms with Crippen LogP contribution in [0.3, 0.4) is 0 Å². The summed E-state index contributed by atoms with van der Waals surface area (Å²) in [5.74, 6) is -0.801. The van der Waals surface area contributed by atoms with E-state index < -0.39 is 22.4 Å². The van der Waals surface area contributed by atoms with Crippen molar-refractivity contribution in [1.29, 1.82) is 0 Å². The van der Waals surface area contributed by atoms with E-state index in [0.29, 0.717) is 41.4 Å². The van der Waals surface area contributed by atoms with E-state index in [9.17, 15) is 22.8 Å². The Hall–Kier alpha value is -2.46. The summed E-state index contributed by atoms with van der Waals surface area (Å²) in [6.45, 7) is 3.94. The number of halogens is 5. The lowest BCUT2D eigenvalue weighted by molar-refractivity contribution is -0.274. The van der Waals surface area contributed by atoms with Crippen LogP contribution in [-0.4, -0.2) is 38.5 Å². The van der Waals surface area contributed by atoms with E-state index in [4.69, 9.17) is 21.1 Å². The molecule has 3 rings (SSSR count). The second kappa shape index (κ2) is 10.7. The lowest BCUT2D eigenvalue weighted by atomic mass is 9.90. The molecule has 1 aliphatic heterocycles. The van der Waals surface area contributed by atoms with Crippen LogP contribution in [0.2, 0.25) is 5.02 Å². The zero-order chi connectivity index (χ0) is 26.0. The van der Waals surface area contributed by atoms with Gasteiger partial charge in [-0.1, -0.05) is 39.7 Å². The quantitative estimate of drug-likeness (QED) is 0.274. The summed E-state index contributed by atoms with van der Waals surface area (Å²) in [6.07, 6.45) is -3.98. The standard InChI is InChI=1S/C24H24BrClF3NO5/c1-23(2,22(32)33-3)9-11-34-19-12-15(26)5-7-17(19)20(25)21(31)30-10-8-14-4-6-16(13-18(14)30)35-24(27,28)29/h4-7,12-13,20H,8-11H2,1-3H3. The van der Waals surface area contributed by atoms with Gasteiger partial charge in [-0.15, -0.1) is 13.2 Å². The summed E-state index contributed by atoms with van der Waals surface area (Å²) >= 11 is 9.56. The number of hydrogen-bond acceptors (Lipinski definition) is 5. The number of hydrogen-bond donors (Lipinski definition) is 0. The number of esters is 1. The minimum absolute atomic E-state index is 0.161. The Morgan fingerprint density at radius 1 is 1.17 bits per heavy atom. The number of benzene rings is 2. The first kappa shape index (κ1) is 27.1. The molecule has 0 fully saturated rings. The summed E-state index contributed by atoms with van der Waals surface area (Å²) in [5.41, 5.74) is 0.820. The van der Waals surface area contributed by atoms with E-state index in [1.165, 1.54) is 30.2 Å². The monoisotopic (exact) mass is 577 g/mol. The fourth-order valence-corrected chi connectivity index (χ4v) is 4.48. The smallest absolute Gasteiger partial charge is 0.493 e. The van der Waals surface area contributed by atoms with Crippen molar-refractivity contribution in [2.75, 3.05) is 25.2 Å². The van der Waals surface area contributed by atoms with Gasteiger partial charge in [0.2, 0.25) is 5.91 Å². The van der Waals surface area contributed by atoms with Gasteiger partial charge in [0.25, 0.3) is 0 Å². The molecule has 2 aromatic carbocycles. The van der Waals surface area contributed by atoms with E-state index in [1.54, 1.807) is 32.0 Å². The van der Waals surface area contributed by atoms with Crippen LogP contribution < -0.4 is 14.4 Å². The Morgan fingerprint density at radius 3 is 2.54 bits per heavy atom. The molecule has 1 unspecified atom stereocenters. The number of ether oxygens (including phenoxy) is 3. The van der Waals surface area contributed by atoms with Gasteiger partial charge in [0.1, 0.15) is 16.3 Å². The summed E-state index contributed by atoms with van der Waals surface area (Å²) in [4.78, 5) is 25.8. The zero-order valence-electron chi connectivity index (χ0n) is 19.2. The van der Waals surface area contributed by atoms with Crippen LogP contribution in [0.4, 0.5) is 18.9 Å². The third kappa shape index (κ3) is 6.61. The van der Waals surface area contributed by atoms with Gasteiger partial charge < -0.3 is 19.1 Å². The van der Waals surface area contributed by atoms with Crippen molar-refractivity contribution >= 4 is 45.1 Å². The molecule has 0 saturated heterocycles. The van der Waals surface area contributed by atoms with Gasteiger partial charge in [-0.2, -0.15) is 0 Å². The van der Waals surface area contributed by atoms with E-state index in [1.807, 2.05) is 0 Å². The van der Waals surface area contributed by atoms with E-state index in [2.05, 4.69) is 20.7 Å². The molecule has 0 saturated carbocycles.